The molecule has 0 aliphatic carbocycles. The van der Waals surface area contributed by atoms with E-state index >= 15 is 0 Å². The second-order valence-corrected chi connectivity index (χ2v) is 31.6. The Labute approximate surface area is 663 Å². The number of hydrogen-bond acceptors (Lipinski definition) is 8. The van der Waals surface area contributed by atoms with Crippen LogP contribution in [0.2, 0.25) is 0 Å². The van der Waals surface area contributed by atoms with Crippen LogP contribution in [0.3, 0.4) is 0 Å². The zero-order valence-electron chi connectivity index (χ0n) is 72.4. The summed E-state index contributed by atoms with van der Waals surface area (Å²) in [7, 11) is 0. The standard InChI is InChI=1S/C26H50O2.C25H48O2.C24H46O2.C23H44O2/c1-3-5-6-7-8-9-10-11-12-13-14-15-16-17-18-19-20-21-22-23-24-25-28-26(27)4-2;1-3-5-6-7-8-9-10-11-12-13-14-15-16-17-18-19-20-21-22-23-24-27-25(26)4-2;1-3-5-6-7-8-9-10-11-12-13-14-15-16-17-18-19-20-21-22-23-26-24(25)4-2;1-3-5-6-7-8-9-10-11-12-13-14-15-16-17-18-19-20-21-22-25-23(24)4-2/h4H,2-3,5-25H2,1H3;4H,2-3,5-24H2,1H3;4H,2-3,5-23H2,1H3;4H,2-3,5-22H2,1H3. The van der Waals surface area contributed by atoms with E-state index in [2.05, 4.69) is 54.0 Å². The number of rotatable bonds is 86. The van der Waals surface area contributed by atoms with Gasteiger partial charge in [0.1, 0.15) is 0 Å². The Kier molecular flexibility index (Phi) is 109. The molecule has 0 bridgehead atoms. The van der Waals surface area contributed by atoms with Crippen LogP contribution < -0.4 is 0 Å². The fraction of sp³-hybridized carbons (Fsp3) is 0.878. The second kappa shape index (κ2) is 106. The van der Waals surface area contributed by atoms with Crippen LogP contribution in [-0.2, 0) is 38.1 Å². The zero-order chi connectivity index (χ0) is 77.9. The monoisotopic (exact) mass is 1490 g/mol. The van der Waals surface area contributed by atoms with E-state index in [9.17, 15) is 19.2 Å². The van der Waals surface area contributed by atoms with E-state index in [-0.39, 0.29) is 23.9 Å². The van der Waals surface area contributed by atoms with Gasteiger partial charge in [-0.3, -0.25) is 0 Å². The first-order chi connectivity index (χ1) is 52.2. The smallest absolute Gasteiger partial charge is 0.330 e. The maximum Gasteiger partial charge on any atom is 0.330 e. The van der Waals surface area contributed by atoms with Gasteiger partial charge in [-0.05, 0) is 25.7 Å². The lowest BCUT2D eigenvalue weighted by atomic mass is 10.0. The number of unbranched alkanes of at least 4 members (excludes halogenated alkanes) is 74. The number of ether oxygens (including phenoxy) is 4. The van der Waals surface area contributed by atoms with Crippen molar-refractivity contribution in [3.05, 3.63) is 50.6 Å². The van der Waals surface area contributed by atoms with Crippen LogP contribution in [0.4, 0.5) is 0 Å². The Morgan fingerprint density at radius 3 is 0.302 bits per heavy atom. The summed E-state index contributed by atoms with van der Waals surface area (Å²) < 4.78 is 19.9. The fourth-order valence-corrected chi connectivity index (χ4v) is 14.0. The molecular weight excluding hydrogens is 1310 g/mol. The van der Waals surface area contributed by atoms with E-state index in [4.69, 9.17) is 18.9 Å². The van der Waals surface area contributed by atoms with Crippen LogP contribution in [0.25, 0.3) is 0 Å². The molecule has 0 heterocycles. The van der Waals surface area contributed by atoms with Crippen molar-refractivity contribution in [1.29, 1.82) is 0 Å². The molecule has 0 N–H and O–H groups in total. The molecule has 0 aromatic heterocycles. The summed E-state index contributed by atoms with van der Waals surface area (Å²) >= 11 is 0. The lowest BCUT2D eigenvalue weighted by Gasteiger charge is -2.04. The topological polar surface area (TPSA) is 105 Å². The SMILES string of the molecule is C=CC(=O)OCCCCCCCCCCCCCCCCCCCC.C=CC(=O)OCCCCCCCCCCCCCCCCCCCCC.C=CC(=O)OCCCCCCCCCCCCCCCCCCCCCC.C=CC(=O)OCCCCCCCCCCCCCCCCCCCCCCC. The summed E-state index contributed by atoms with van der Waals surface area (Å²) in [5.41, 5.74) is 0. The van der Waals surface area contributed by atoms with Crippen molar-refractivity contribution in [2.75, 3.05) is 26.4 Å². The normalized spacial score (nSPS) is 10.8. The third-order valence-electron chi connectivity index (χ3n) is 21.1. The summed E-state index contributed by atoms with van der Waals surface area (Å²) in [6.07, 6.45) is 113. The van der Waals surface area contributed by atoms with Crippen molar-refractivity contribution in [1.82, 2.24) is 0 Å². The molecule has 0 unspecified atom stereocenters. The van der Waals surface area contributed by atoms with Crippen LogP contribution in [0.5, 0.6) is 0 Å². The minimum atomic E-state index is -0.299. The molecule has 0 aliphatic heterocycles. The molecule has 0 aliphatic rings. The quantitative estimate of drug-likeness (QED) is 0.0257. The van der Waals surface area contributed by atoms with Gasteiger partial charge >= 0.3 is 23.9 Å². The number of carbonyl (C=O) groups is 4. The molecule has 0 amide bonds. The van der Waals surface area contributed by atoms with Crippen LogP contribution in [0.1, 0.15) is 529 Å². The summed E-state index contributed by atoms with van der Waals surface area (Å²) in [4.78, 5) is 43.5. The number of hydrogen-bond donors (Lipinski definition) is 0. The number of esters is 4. The molecule has 106 heavy (non-hydrogen) atoms. The van der Waals surface area contributed by atoms with Crippen LogP contribution >= 0.6 is 0 Å². The number of carbonyl (C=O) groups excluding carboxylic acids is 4. The predicted octanol–water partition coefficient (Wildman–Crippen LogP) is 33.4. The lowest BCUT2D eigenvalue weighted by Crippen LogP contribution is -2.01. The van der Waals surface area contributed by atoms with Gasteiger partial charge < -0.3 is 18.9 Å². The van der Waals surface area contributed by atoms with E-state index < -0.39 is 0 Å². The first-order valence-corrected chi connectivity index (χ1v) is 47.4. The maximum absolute atomic E-state index is 10.9. The molecule has 0 aromatic carbocycles. The van der Waals surface area contributed by atoms with Gasteiger partial charge in [0.05, 0.1) is 26.4 Å². The summed E-state index contributed by atoms with van der Waals surface area (Å²) in [6.45, 7) is 24.9. The maximum atomic E-state index is 10.9. The lowest BCUT2D eigenvalue weighted by molar-refractivity contribution is -0.138. The van der Waals surface area contributed by atoms with Crippen LogP contribution in [-0.4, -0.2) is 50.3 Å². The van der Waals surface area contributed by atoms with Gasteiger partial charge in [0, 0.05) is 24.3 Å². The summed E-state index contributed by atoms with van der Waals surface area (Å²) in [5, 5.41) is 0. The Morgan fingerprint density at radius 2 is 0.226 bits per heavy atom. The van der Waals surface area contributed by atoms with Crippen molar-refractivity contribution in [2.45, 2.75) is 529 Å². The van der Waals surface area contributed by atoms with Gasteiger partial charge in [0.25, 0.3) is 0 Å². The fourth-order valence-electron chi connectivity index (χ4n) is 14.0. The molecule has 0 saturated carbocycles. The average molecular weight is 1490 g/mol. The third-order valence-corrected chi connectivity index (χ3v) is 21.1. The minimum Gasteiger partial charge on any atom is -0.463 e. The van der Waals surface area contributed by atoms with Gasteiger partial charge in [0.2, 0.25) is 0 Å². The molecular formula is C98H188O8. The van der Waals surface area contributed by atoms with E-state index in [1.165, 1.54) is 499 Å². The van der Waals surface area contributed by atoms with Crippen molar-refractivity contribution >= 4 is 23.9 Å². The van der Waals surface area contributed by atoms with Crippen molar-refractivity contribution in [3.8, 4) is 0 Å². The molecule has 0 saturated heterocycles. The Balaban J connectivity index is -0.000000655. The molecule has 0 radical (unpaired) electrons. The van der Waals surface area contributed by atoms with E-state index in [1.54, 1.807) is 0 Å². The molecule has 628 valence electrons. The largest absolute Gasteiger partial charge is 0.463 e. The van der Waals surface area contributed by atoms with Gasteiger partial charge in [-0.1, -0.05) is 529 Å². The molecule has 0 aromatic rings. The highest BCUT2D eigenvalue weighted by Gasteiger charge is 2.04. The molecule has 0 spiro atoms. The van der Waals surface area contributed by atoms with Crippen molar-refractivity contribution in [2.24, 2.45) is 0 Å². The molecule has 0 rings (SSSR count). The molecule has 8 heteroatoms. The predicted molar refractivity (Wildman–Crippen MR) is 467 cm³/mol. The Hall–Kier alpha value is -3.16. The highest BCUT2D eigenvalue weighted by Crippen LogP contribution is 2.21. The molecule has 0 atom stereocenters. The summed E-state index contributed by atoms with van der Waals surface area (Å²) in [6, 6.07) is 0. The van der Waals surface area contributed by atoms with Crippen molar-refractivity contribution in [3.63, 3.8) is 0 Å². The zero-order valence-corrected chi connectivity index (χ0v) is 72.4. The van der Waals surface area contributed by atoms with Crippen LogP contribution in [0.15, 0.2) is 50.6 Å². The third kappa shape index (κ3) is 112. The van der Waals surface area contributed by atoms with Gasteiger partial charge in [0.15, 0.2) is 0 Å². The average Bonchev–Trinajstić information content (AvgIpc) is 3.89. The Morgan fingerprint density at radius 1 is 0.151 bits per heavy atom. The first-order valence-electron chi connectivity index (χ1n) is 47.4. The van der Waals surface area contributed by atoms with Crippen molar-refractivity contribution < 1.29 is 38.1 Å². The first kappa shape index (κ1) is 109. The van der Waals surface area contributed by atoms with Crippen LogP contribution in [0, 0.1) is 0 Å². The van der Waals surface area contributed by atoms with Gasteiger partial charge in [-0.15, -0.1) is 0 Å². The van der Waals surface area contributed by atoms with E-state index in [1.807, 2.05) is 0 Å². The summed E-state index contributed by atoms with van der Waals surface area (Å²) in [5.74, 6) is -1.19. The van der Waals surface area contributed by atoms with E-state index in [0.717, 1.165) is 25.7 Å². The second-order valence-electron chi connectivity index (χ2n) is 31.6. The van der Waals surface area contributed by atoms with E-state index in [0.29, 0.717) is 26.4 Å². The highest BCUT2D eigenvalue weighted by molar-refractivity contribution is 5.82. The minimum absolute atomic E-state index is 0.298. The van der Waals surface area contributed by atoms with Gasteiger partial charge in [-0.2, -0.15) is 0 Å². The Bertz CT molecular complexity index is 1710. The van der Waals surface area contributed by atoms with Gasteiger partial charge in [-0.25, -0.2) is 19.2 Å². The molecule has 0 fully saturated rings. The molecule has 8 nitrogen and oxygen atoms in total. The highest BCUT2D eigenvalue weighted by atomic mass is 16.5.